The zero-order valence-electron chi connectivity index (χ0n) is 13.2. The molecule has 2 saturated carbocycles. The molecule has 104 valence electrons. The Labute approximate surface area is 109 Å². The predicted molar refractivity (Wildman–Crippen MR) is 78.3 cm³/mol. The van der Waals surface area contributed by atoms with Crippen LogP contribution in [0.1, 0.15) is 80.6 Å². The van der Waals surface area contributed by atoms with Crippen molar-refractivity contribution < 1.29 is 4.79 Å². The van der Waals surface area contributed by atoms with Crippen molar-refractivity contribution in [3.05, 3.63) is 0 Å². The van der Waals surface area contributed by atoms with E-state index < -0.39 is 0 Å². The molecule has 0 aromatic heterocycles. The Morgan fingerprint density at radius 1 is 0.882 bits per heavy atom. The lowest BCUT2D eigenvalue weighted by Crippen LogP contribution is -1.95. The molecule has 0 aromatic carbocycles. The average molecular weight is 242 g/mol. The van der Waals surface area contributed by atoms with Gasteiger partial charge in [0.05, 0.1) is 0 Å². The molecule has 0 radical (unpaired) electrons. The minimum Gasteiger partial charge on any atom is -0.300 e. The molecule has 17 heavy (non-hydrogen) atoms. The van der Waals surface area contributed by atoms with Gasteiger partial charge >= 0.3 is 0 Å². The van der Waals surface area contributed by atoms with Crippen LogP contribution < -0.4 is 0 Å². The highest BCUT2D eigenvalue weighted by Crippen LogP contribution is 2.46. The molecule has 1 nitrogen and oxygen atoms in total. The van der Waals surface area contributed by atoms with Crippen molar-refractivity contribution in [3.8, 4) is 0 Å². The summed E-state index contributed by atoms with van der Waals surface area (Å²) in [5, 5.41) is 0. The lowest BCUT2D eigenvalue weighted by Gasteiger charge is -2.04. The fraction of sp³-hybridized carbons (Fsp3) is 0.938. The molecule has 2 rings (SSSR count). The molecule has 2 aliphatic carbocycles. The maximum atomic E-state index is 9.44. The van der Waals surface area contributed by atoms with Gasteiger partial charge in [0.1, 0.15) is 5.78 Å². The monoisotopic (exact) mass is 242 g/mol. The van der Waals surface area contributed by atoms with Gasteiger partial charge in [-0.05, 0) is 44.4 Å². The van der Waals surface area contributed by atoms with E-state index in [1.807, 2.05) is 27.7 Å². The van der Waals surface area contributed by atoms with Gasteiger partial charge in [0.2, 0.25) is 0 Å². The molecule has 1 unspecified atom stereocenters. The number of hydrogen-bond acceptors (Lipinski definition) is 1. The third-order valence-electron chi connectivity index (χ3n) is 3.23. The van der Waals surface area contributed by atoms with Crippen LogP contribution in [0.2, 0.25) is 0 Å². The molecule has 2 aliphatic rings. The van der Waals surface area contributed by atoms with Gasteiger partial charge in [0, 0.05) is 0 Å². The second-order valence-corrected chi connectivity index (χ2v) is 4.94. The van der Waals surface area contributed by atoms with Crippen molar-refractivity contribution in [1.82, 2.24) is 0 Å². The van der Waals surface area contributed by atoms with Gasteiger partial charge in [-0.25, -0.2) is 0 Å². The van der Waals surface area contributed by atoms with Gasteiger partial charge in [-0.1, -0.05) is 53.9 Å². The van der Waals surface area contributed by atoms with Gasteiger partial charge in [0.25, 0.3) is 0 Å². The Hall–Kier alpha value is -0.330. The van der Waals surface area contributed by atoms with Crippen molar-refractivity contribution in [2.75, 3.05) is 0 Å². The molecule has 0 amide bonds. The number of rotatable bonds is 0. The van der Waals surface area contributed by atoms with Crippen LogP contribution in [0, 0.1) is 17.8 Å². The van der Waals surface area contributed by atoms with E-state index in [9.17, 15) is 4.79 Å². The van der Waals surface area contributed by atoms with E-state index >= 15 is 0 Å². The Balaban J connectivity index is 0. The molecule has 0 N–H and O–H groups in total. The summed E-state index contributed by atoms with van der Waals surface area (Å²) >= 11 is 0. The summed E-state index contributed by atoms with van der Waals surface area (Å²) in [7, 11) is 0. The Morgan fingerprint density at radius 2 is 1.18 bits per heavy atom. The summed E-state index contributed by atoms with van der Waals surface area (Å²) < 4.78 is 0. The Morgan fingerprint density at radius 3 is 1.47 bits per heavy atom. The van der Waals surface area contributed by atoms with Gasteiger partial charge in [-0.3, -0.25) is 0 Å². The van der Waals surface area contributed by atoms with E-state index in [1.54, 1.807) is 25.7 Å². The van der Waals surface area contributed by atoms with E-state index in [0.717, 1.165) is 17.8 Å². The van der Waals surface area contributed by atoms with Gasteiger partial charge in [0.15, 0.2) is 0 Å². The highest BCUT2D eigenvalue weighted by molar-refractivity contribution is 5.72. The predicted octanol–water partition coefficient (Wildman–Crippen LogP) is 5.48. The van der Waals surface area contributed by atoms with Crippen LogP contribution in [0.5, 0.6) is 0 Å². The number of ketones is 1. The number of carbonyl (C=O) groups excluding carboxylic acids is 1. The van der Waals surface area contributed by atoms with E-state index in [-0.39, 0.29) is 5.78 Å². The van der Waals surface area contributed by atoms with E-state index in [2.05, 4.69) is 6.92 Å². The minimum absolute atomic E-state index is 0.167. The minimum atomic E-state index is 0.167. The fourth-order valence-corrected chi connectivity index (χ4v) is 2.86. The molecular weight excluding hydrogens is 208 g/mol. The first-order valence-corrected chi connectivity index (χ1v) is 7.56. The maximum absolute atomic E-state index is 9.44. The standard InChI is InChI=1S/C9H16.C3H6O.2C2H6/c1-7-5-8-3-2-4-9(8)6-7;1-3(2)4;2*1-2/h7-9H,2-6H2,1H3;1-2H3;2*1-2H3/t7?,8-,9+;;;. The largest absolute Gasteiger partial charge is 0.300 e. The van der Waals surface area contributed by atoms with Crippen molar-refractivity contribution in [2.24, 2.45) is 17.8 Å². The smallest absolute Gasteiger partial charge is 0.126 e. The van der Waals surface area contributed by atoms with Crippen molar-refractivity contribution in [2.45, 2.75) is 80.6 Å². The van der Waals surface area contributed by atoms with Gasteiger partial charge < -0.3 is 4.79 Å². The Kier molecular flexibility index (Phi) is 13.6. The number of carbonyl (C=O) groups is 1. The molecule has 0 heterocycles. The molecule has 0 aromatic rings. The van der Waals surface area contributed by atoms with Crippen LogP contribution in [0.25, 0.3) is 0 Å². The van der Waals surface area contributed by atoms with Crippen LogP contribution in [-0.2, 0) is 4.79 Å². The molecule has 0 aliphatic heterocycles. The van der Waals surface area contributed by atoms with E-state index in [0.29, 0.717) is 0 Å². The van der Waals surface area contributed by atoms with Crippen molar-refractivity contribution in [1.29, 1.82) is 0 Å². The normalized spacial score (nSPS) is 28.5. The van der Waals surface area contributed by atoms with Crippen LogP contribution in [0.3, 0.4) is 0 Å². The first kappa shape index (κ1) is 19.0. The third-order valence-corrected chi connectivity index (χ3v) is 3.23. The van der Waals surface area contributed by atoms with E-state index in [1.165, 1.54) is 20.3 Å². The molecule has 3 atom stereocenters. The summed E-state index contributed by atoms with van der Waals surface area (Å²) in [5.41, 5.74) is 0. The first-order chi connectivity index (χ1) is 8.09. The van der Waals surface area contributed by atoms with Crippen LogP contribution >= 0.6 is 0 Å². The quantitative estimate of drug-likeness (QED) is 0.549. The zero-order valence-corrected chi connectivity index (χ0v) is 13.2. The lowest BCUT2D eigenvalue weighted by molar-refractivity contribution is -0.114. The Bertz CT molecular complexity index is 158. The number of Topliss-reactive ketones (excluding diaryl/α,β-unsaturated/α-hetero) is 1. The molecule has 0 saturated heterocycles. The fourth-order valence-electron chi connectivity index (χ4n) is 2.86. The molecule has 0 spiro atoms. The van der Waals surface area contributed by atoms with Crippen molar-refractivity contribution in [3.63, 3.8) is 0 Å². The molecule has 0 bridgehead atoms. The molecule has 1 heteroatoms. The summed E-state index contributed by atoms with van der Waals surface area (Å²) in [6.45, 7) is 13.5. The maximum Gasteiger partial charge on any atom is 0.126 e. The van der Waals surface area contributed by atoms with Crippen LogP contribution in [-0.4, -0.2) is 5.78 Å². The topological polar surface area (TPSA) is 17.1 Å². The van der Waals surface area contributed by atoms with Crippen molar-refractivity contribution >= 4 is 5.78 Å². The zero-order chi connectivity index (χ0) is 13.8. The summed E-state index contributed by atoms with van der Waals surface area (Å²) in [6, 6.07) is 0. The second-order valence-electron chi connectivity index (χ2n) is 4.94. The van der Waals surface area contributed by atoms with Crippen LogP contribution in [0.15, 0.2) is 0 Å². The highest BCUT2D eigenvalue weighted by Gasteiger charge is 2.34. The highest BCUT2D eigenvalue weighted by atomic mass is 16.1. The first-order valence-electron chi connectivity index (χ1n) is 7.56. The van der Waals surface area contributed by atoms with Gasteiger partial charge in [-0.15, -0.1) is 0 Å². The summed E-state index contributed by atoms with van der Waals surface area (Å²) in [5.74, 6) is 3.53. The second kappa shape index (κ2) is 12.1. The van der Waals surface area contributed by atoms with E-state index in [4.69, 9.17) is 0 Å². The average Bonchev–Trinajstić information content (AvgIpc) is 2.83. The van der Waals surface area contributed by atoms with Gasteiger partial charge in [-0.2, -0.15) is 0 Å². The molecular formula is C16H34O. The molecule has 2 fully saturated rings. The summed E-state index contributed by atoms with van der Waals surface area (Å²) in [4.78, 5) is 9.44. The van der Waals surface area contributed by atoms with Crippen LogP contribution in [0.4, 0.5) is 0 Å². The SMILES string of the molecule is CC.CC.CC(C)=O.CC1C[C@H]2CCC[C@H]2C1. The lowest BCUT2D eigenvalue weighted by atomic mass is 10.0. The number of hydrogen-bond donors (Lipinski definition) is 0. The number of fused-ring (bicyclic) bond motifs is 1. The summed E-state index contributed by atoms with van der Waals surface area (Å²) in [6.07, 6.45) is 7.72. The third kappa shape index (κ3) is 9.38.